The predicted molar refractivity (Wildman–Crippen MR) is 110 cm³/mol. The molecule has 2 aliphatic rings. The molecule has 1 N–H and O–H groups in total. The van der Waals surface area contributed by atoms with Crippen LogP contribution in [0.25, 0.3) is 0 Å². The van der Waals surface area contributed by atoms with E-state index in [9.17, 15) is 14.7 Å². The molecule has 1 aliphatic carbocycles. The lowest BCUT2D eigenvalue weighted by atomic mass is 9.82. The van der Waals surface area contributed by atoms with Crippen molar-refractivity contribution in [3.63, 3.8) is 0 Å². The summed E-state index contributed by atoms with van der Waals surface area (Å²) in [6, 6.07) is 1.92. The number of rotatable bonds is 6. The van der Waals surface area contributed by atoms with Crippen LogP contribution in [0.15, 0.2) is 6.07 Å². The van der Waals surface area contributed by atoms with Crippen LogP contribution in [0.1, 0.15) is 62.4 Å². The second-order valence-corrected chi connectivity index (χ2v) is 8.85. The smallest absolute Gasteiger partial charge is 0.225 e. The molecule has 29 heavy (non-hydrogen) atoms. The average molecular weight is 404 g/mol. The Morgan fingerprint density at radius 2 is 1.93 bits per heavy atom. The monoisotopic (exact) mass is 403 g/mol. The minimum absolute atomic E-state index is 0.0388. The number of likely N-dealkylation sites (tertiary alicyclic amines) is 1. The highest BCUT2D eigenvalue weighted by molar-refractivity contribution is 5.79. The zero-order chi connectivity index (χ0) is 21.2. The summed E-state index contributed by atoms with van der Waals surface area (Å²) in [4.78, 5) is 39.2. The van der Waals surface area contributed by atoms with Crippen molar-refractivity contribution in [3.05, 3.63) is 17.6 Å². The van der Waals surface area contributed by atoms with Crippen LogP contribution in [0.5, 0.6) is 0 Å². The van der Waals surface area contributed by atoms with Gasteiger partial charge in [0.15, 0.2) is 0 Å². The van der Waals surface area contributed by atoms with Crippen LogP contribution in [-0.4, -0.2) is 77.0 Å². The van der Waals surface area contributed by atoms with Crippen molar-refractivity contribution < 1.29 is 14.7 Å². The highest BCUT2D eigenvalue weighted by atomic mass is 16.3. The fraction of sp³-hybridized carbons (Fsp3) is 0.714. The Hall–Kier alpha value is -2.22. The van der Waals surface area contributed by atoms with Crippen LogP contribution in [0.2, 0.25) is 0 Å². The van der Waals surface area contributed by atoms with Gasteiger partial charge in [-0.1, -0.05) is 19.3 Å². The van der Waals surface area contributed by atoms with Gasteiger partial charge in [-0.15, -0.1) is 0 Å². The van der Waals surface area contributed by atoms with Crippen molar-refractivity contribution in [1.82, 2.24) is 19.8 Å². The van der Waals surface area contributed by atoms with Crippen molar-refractivity contribution in [3.8, 4) is 0 Å². The summed E-state index contributed by atoms with van der Waals surface area (Å²) < 4.78 is 0. The van der Waals surface area contributed by atoms with E-state index in [-0.39, 0.29) is 30.7 Å². The molecule has 1 saturated heterocycles. The third-order valence-corrected chi connectivity index (χ3v) is 6.07. The maximum absolute atomic E-state index is 12.7. The maximum atomic E-state index is 12.7. The van der Waals surface area contributed by atoms with Gasteiger partial charge >= 0.3 is 0 Å². The summed E-state index contributed by atoms with van der Waals surface area (Å²) in [5, 5.41) is 10.7. The van der Waals surface area contributed by atoms with Gasteiger partial charge in [0.05, 0.1) is 24.3 Å². The van der Waals surface area contributed by atoms with Crippen molar-refractivity contribution in [2.75, 3.05) is 39.6 Å². The third-order valence-electron chi connectivity index (χ3n) is 6.07. The van der Waals surface area contributed by atoms with Gasteiger partial charge in [-0.3, -0.25) is 9.59 Å². The largest absolute Gasteiger partial charge is 0.389 e. The standard InChI is InChI=1S/C21H33N5O3/c1-24(2)18-11-16(15-10-19(27)25(3)13-15)22-17(23-18)14-26(4)20(28)12-21(29)8-6-5-7-9-21/h11,15,29H,5-10,12-14H2,1-4H3/t15-/m0/s1. The average Bonchev–Trinajstić information content (AvgIpc) is 3.00. The van der Waals surface area contributed by atoms with E-state index in [2.05, 4.69) is 9.97 Å². The van der Waals surface area contributed by atoms with E-state index in [0.29, 0.717) is 31.6 Å². The van der Waals surface area contributed by atoms with Crippen LogP contribution < -0.4 is 4.90 Å². The molecule has 2 fully saturated rings. The molecule has 2 heterocycles. The lowest BCUT2D eigenvalue weighted by molar-refractivity contribution is -0.137. The topological polar surface area (TPSA) is 89.9 Å². The van der Waals surface area contributed by atoms with Gasteiger partial charge in [-0.05, 0) is 12.8 Å². The molecule has 1 atom stereocenters. The normalized spacial score (nSPS) is 21.3. The Balaban J connectivity index is 1.73. The van der Waals surface area contributed by atoms with Gasteiger partial charge in [-0.2, -0.15) is 0 Å². The van der Waals surface area contributed by atoms with E-state index in [0.717, 1.165) is 30.8 Å². The molecule has 8 heteroatoms. The van der Waals surface area contributed by atoms with Crippen LogP contribution >= 0.6 is 0 Å². The molecular weight excluding hydrogens is 370 g/mol. The molecule has 0 unspecified atom stereocenters. The first-order valence-electron chi connectivity index (χ1n) is 10.4. The Bertz CT molecular complexity index is 761. The molecule has 160 valence electrons. The second kappa shape index (κ2) is 8.65. The zero-order valence-electron chi connectivity index (χ0n) is 18.0. The molecule has 1 aromatic rings. The van der Waals surface area contributed by atoms with Crippen LogP contribution in [0.3, 0.4) is 0 Å². The minimum atomic E-state index is -0.879. The number of carbonyl (C=O) groups excluding carboxylic acids is 2. The van der Waals surface area contributed by atoms with Crippen molar-refractivity contribution in [1.29, 1.82) is 0 Å². The molecule has 1 aromatic heterocycles. The van der Waals surface area contributed by atoms with Gasteiger partial charge in [0.1, 0.15) is 11.6 Å². The molecule has 0 aromatic carbocycles. The number of aliphatic hydroxyl groups is 1. The van der Waals surface area contributed by atoms with E-state index >= 15 is 0 Å². The predicted octanol–water partition coefficient (Wildman–Crippen LogP) is 1.53. The van der Waals surface area contributed by atoms with E-state index in [1.165, 1.54) is 0 Å². The van der Waals surface area contributed by atoms with Gasteiger partial charge in [-0.25, -0.2) is 9.97 Å². The number of likely N-dealkylation sites (N-methyl/N-ethyl adjacent to an activating group) is 1. The molecule has 3 rings (SSSR count). The lowest BCUT2D eigenvalue weighted by Crippen LogP contribution is -2.39. The Morgan fingerprint density at radius 1 is 1.24 bits per heavy atom. The van der Waals surface area contributed by atoms with E-state index in [4.69, 9.17) is 0 Å². The van der Waals surface area contributed by atoms with Crippen molar-refractivity contribution in [2.24, 2.45) is 0 Å². The third kappa shape index (κ3) is 5.23. The summed E-state index contributed by atoms with van der Waals surface area (Å²) in [6.45, 7) is 0.921. The Kier molecular flexibility index (Phi) is 6.41. The number of amides is 2. The molecule has 8 nitrogen and oxygen atoms in total. The first kappa shape index (κ1) is 21.5. The number of anilines is 1. The number of aromatic nitrogens is 2. The molecule has 0 spiro atoms. The molecule has 1 saturated carbocycles. The molecule has 2 amide bonds. The summed E-state index contributed by atoms with van der Waals surface area (Å²) in [5.74, 6) is 1.38. The molecular formula is C21H33N5O3. The van der Waals surface area contributed by atoms with Gasteiger partial charge < -0.3 is 19.8 Å². The minimum Gasteiger partial charge on any atom is -0.389 e. The lowest BCUT2D eigenvalue weighted by Gasteiger charge is -2.32. The van der Waals surface area contributed by atoms with Gasteiger partial charge in [0.2, 0.25) is 11.8 Å². The molecule has 0 radical (unpaired) electrons. The second-order valence-electron chi connectivity index (χ2n) is 8.85. The maximum Gasteiger partial charge on any atom is 0.225 e. The summed E-state index contributed by atoms with van der Waals surface area (Å²) in [6.07, 6.45) is 5.03. The summed E-state index contributed by atoms with van der Waals surface area (Å²) in [7, 11) is 7.36. The highest BCUT2D eigenvalue weighted by Gasteiger charge is 2.33. The first-order chi connectivity index (χ1) is 13.7. The summed E-state index contributed by atoms with van der Waals surface area (Å²) >= 11 is 0. The number of nitrogens with zero attached hydrogens (tertiary/aromatic N) is 5. The SMILES string of the molecule is CN(Cc1nc([C@H]2CC(=O)N(C)C2)cc(N(C)C)n1)C(=O)CC1(O)CCCCC1. The first-order valence-corrected chi connectivity index (χ1v) is 10.4. The van der Waals surface area contributed by atoms with Gasteiger partial charge in [0.25, 0.3) is 0 Å². The Morgan fingerprint density at radius 3 is 2.52 bits per heavy atom. The van der Waals surface area contributed by atoms with Crippen LogP contribution in [0, 0.1) is 0 Å². The van der Waals surface area contributed by atoms with Crippen molar-refractivity contribution >= 4 is 17.6 Å². The highest BCUT2D eigenvalue weighted by Crippen LogP contribution is 2.31. The molecule has 1 aliphatic heterocycles. The Labute approximate surface area is 172 Å². The van der Waals surface area contributed by atoms with Crippen LogP contribution in [0.4, 0.5) is 5.82 Å². The van der Waals surface area contributed by atoms with Crippen molar-refractivity contribution in [2.45, 2.75) is 63.0 Å². The fourth-order valence-corrected chi connectivity index (χ4v) is 4.18. The summed E-state index contributed by atoms with van der Waals surface area (Å²) in [5.41, 5.74) is -0.0428. The number of hydrogen-bond acceptors (Lipinski definition) is 6. The quantitative estimate of drug-likeness (QED) is 0.775. The van der Waals surface area contributed by atoms with E-state index < -0.39 is 5.60 Å². The van der Waals surface area contributed by atoms with E-state index in [1.54, 1.807) is 23.9 Å². The number of hydrogen-bond donors (Lipinski definition) is 1. The van der Waals surface area contributed by atoms with Crippen LogP contribution in [-0.2, 0) is 16.1 Å². The van der Waals surface area contributed by atoms with Gasteiger partial charge in [0, 0.05) is 53.1 Å². The fourth-order valence-electron chi connectivity index (χ4n) is 4.18. The molecule has 0 bridgehead atoms. The zero-order valence-corrected chi connectivity index (χ0v) is 18.0. The van der Waals surface area contributed by atoms with E-state index in [1.807, 2.05) is 25.1 Å². The number of carbonyl (C=O) groups is 2.